The number of rotatable bonds is 5. The molecule has 0 rings (SSSR count). The topological polar surface area (TPSA) is 89.9 Å². The van der Waals surface area contributed by atoms with Crippen LogP contribution in [-0.2, 0) is 4.79 Å². The van der Waals surface area contributed by atoms with Crippen LogP contribution in [0.1, 0.15) is 20.8 Å². The van der Waals surface area contributed by atoms with E-state index in [-0.39, 0.29) is 19.2 Å². The van der Waals surface area contributed by atoms with Crippen molar-refractivity contribution < 1.29 is 19.8 Å². The van der Waals surface area contributed by atoms with Crippen LogP contribution < -0.4 is 5.32 Å². The summed E-state index contributed by atoms with van der Waals surface area (Å²) in [6.07, 6.45) is 0. The van der Waals surface area contributed by atoms with Gasteiger partial charge in [-0.05, 0) is 20.8 Å². The zero-order chi connectivity index (χ0) is 12.0. The molecule has 0 unspecified atom stereocenters. The number of amides is 2. The molecule has 1 atom stereocenters. The first-order valence-corrected chi connectivity index (χ1v) is 4.81. The Bertz CT molecular complexity index is 230. The van der Waals surface area contributed by atoms with Gasteiger partial charge in [-0.25, -0.2) is 4.79 Å². The standard InChI is InChI=1S/C9H18N2O4/c1-6(2)11(4-5-12)9(15)10-7(3)8(13)14/h6-7,12H,4-5H2,1-3H3,(H,10,15)(H,13,14)/t7-/m1/s1. The molecule has 0 spiro atoms. The van der Waals surface area contributed by atoms with E-state index in [0.29, 0.717) is 0 Å². The fourth-order valence-corrected chi connectivity index (χ4v) is 1.03. The number of carboxylic acid groups (broad SMARTS) is 1. The number of carbonyl (C=O) groups excluding carboxylic acids is 1. The van der Waals surface area contributed by atoms with Gasteiger partial charge in [0.15, 0.2) is 0 Å². The average molecular weight is 218 g/mol. The van der Waals surface area contributed by atoms with Crippen LogP contribution >= 0.6 is 0 Å². The van der Waals surface area contributed by atoms with Crippen LogP contribution in [0, 0.1) is 0 Å². The van der Waals surface area contributed by atoms with E-state index in [2.05, 4.69) is 5.32 Å². The number of aliphatic hydroxyl groups is 1. The van der Waals surface area contributed by atoms with Crippen LogP contribution in [0.4, 0.5) is 4.79 Å². The lowest BCUT2D eigenvalue weighted by Crippen LogP contribution is -2.50. The third kappa shape index (κ3) is 4.64. The summed E-state index contributed by atoms with van der Waals surface area (Å²) in [6, 6.07) is -1.50. The number of aliphatic hydroxyl groups excluding tert-OH is 1. The molecule has 0 aromatic carbocycles. The molecule has 0 aromatic rings. The van der Waals surface area contributed by atoms with Crippen LogP contribution in [0.3, 0.4) is 0 Å². The highest BCUT2D eigenvalue weighted by molar-refractivity contribution is 5.82. The Balaban J connectivity index is 4.32. The SMILES string of the molecule is CC(C)N(CCO)C(=O)N[C@H](C)C(=O)O. The molecule has 0 aliphatic carbocycles. The average Bonchev–Trinajstić information content (AvgIpc) is 2.12. The maximum absolute atomic E-state index is 11.5. The third-order valence-electron chi connectivity index (χ3n) is 1.94. The molecule has 15 heavy (non-hydrogen) atoms. The van der Waals surface area contributed by atoms with Gasteiger partial charge < -0.3 is 20.4 Å². The van der Waals surface area contributed by atoms with E-state index in [4.69, 9.17) is 10.2 Å². The molecular weight excluding hydrogens is 200 g/mol. The Hall–Kier alpha value is -1.30. The van der Waals surface area contributed by atoms with Gasteiger partial charge in [-0.2, -0.15) is 0 Å². The molecule has 3 N–H and O–H groups in total. The smallest absolute Gasteiger partial charge is 0.325 e. The van der Waals surface area contributed by atoms with Gasteiger partial charge in [-0.3, -0.25) is 4.79 Å². The quantitative estimate of drug-likeness (QED) is 0.599. The van der Waals surface area contributed by atoms with Crippen molar-refractivity contribution in [2.45, 2.75) is 32.9 Å². The van der Waals surface area contributed by atoms with E-state index >= 15 is 0 Å². The molecule has 0 saturated carbocycles. The first-order chi connectivity index (χ1) is 6.90. The van der Waals surface area contributed by atoms with E-state index in [0.717, 1.165) is 0 Å². The van der Waals surface area contributed by atoms with Crippen molar-refractivity contribution in [2.24, 2.45) is 0 Å². The van der Waals surface area contributed by atoms with Crippen molar-refractivity contribution in [1.82, 2.24) is 10.2 Å². The van der Waals surface area contributed by atoms with Crippen molar-refractivity contribution in [3.05, 3.63) is 0 Å². The van der Waals surface area contributed by atoms with Gasteiger partial charge >= 0.3 is 12.0 Å². The number of carboxylic acids is 1. The molecule has 0 fully saturated rings. The molecule has 6 heteroatoms. The maximum atomic E-state index is 11.5. The predicted molar refractivity (Wildman–Crippen MR) is 54.6 cm³/mol. The third-order valence-corrected chi connectivity index (χ3v) is 1.94. The minimum Gasteiger partial charge on any atom is -0.480 e. The number of aliphatic carboxylic acids is 1. The number of hydrogen-bond donors (Lipinski definition) is 3. The molecule has 0 aromatic heterocycles. The second kappa shape index (κ2) is 6.23. The van der Waals surface area contributed by atoms with Crippen molar-refractivity contribution in [3.8, 4) is 0 Å². The Morgan fingerprint density at radius 2 is 1.87 bits per heavy atom. The van der Waals surface area contributed by atoms with E-state index in [1.54, 1.807) is 13.8 Å². The van der Waals surface area contributed by atoms with Gasteiger partial charge in [0.05, 0.1) is 6.61 Å². The first kappa shape index (κ1) is 13.7. The van der Waals surface area contributed by atoms with Crippen molar-refractivity contribution in [3.63, 3.8) is 0 Å². The van der Waals surface area contributed by atoms with Crippen molar-refractivity contribution >= 4 is 12.0 Å². The summed E-state index contributed by atoms with van der Waals surface area (Å²) in [7, 11) is 0. The number of nitrogens with one attached hydrogen (secondary N) is 1. The van der Waals surface area contributed by atoms with Crippen LogP contribution in [0.2, 0.25) is 0 Å². The normalized spacial score (nSPS) is 12.3. The summed E-state index contributed by atoms with van der Waals surface area (Å²) in [6.45, 7) is 5.02. The minimum absolute atomic E-state index is 0.0851. The van der Waals surface area contributed by atoms with Gasteiger partial charge in [-0.15, -0.1) is 0 Å². The molecule has 6 nitrogen and oxygen atoms in total. The molecule has 2 amide bonds. The molecule has 0 aliphatic rings. The summed E-state index contributed by atoms with van der Waals surface area (Å²) in [5.41, 5.74) is 0. The molecule has 0 radical (unpaired) electrons. The van der Waals surface area contributed by atoms with Gasteiger partial charge in [-0.1, -0.05) is 0 Å². The van der Waals surface area contributed by atoms with Crippen LogP contribution in [0.15, 0.2) is 0 Å². The summed E-state index contributed by atoms with van der Waals surface area (Å²) in [4.78, 5) is 23.4. The molecule has 0 bridgehead atoms. The van der Waals surface area contributed by atoms with Gasteiger partial charge in [0.2, 0.25) is 0 Å². The summed E-state index contributed by atoms with van der Waals surface area (Å²) >= 11 is 0. The monoisotopic (exact) mass is 218 g/mol. The Morgan fingerprint density at radius 3 is 2.20 bits per heavy atom. The lowest BCUT2D eigenvalue weighted by molar-refractivity contribution is -0.138. The lowest BCUT2D eigenvalue weighted by atomic mass is 10.3. The fourth-order valence-electron chi connectivity index (χ4n) is 1.03. The zero-order valence-electron chi connectivity index (χ0n) is 9.23. The van der Waals surface area contributed by atoms with Crippen LogP contribution in [0.5, 0.6) is 0 Å². The van der Waals surface area contributed by atoms with Crippen LogP contribution in [-0.4, -0.2) is 52.3 Å². The highest BCUT2D eigenvalue weighted by Gasteiger charge is 2.20. The Labute approximate surface area is 88.9 Å². The Morgan fingerprint density at radius 1 is 1.33 bits per heavy atom. The highest BCUT2D eigenvalue weighted by Crippen LogP contribution is 1.98. The number of hydrogen-bond acceptors (Lipinski definition) is 3. The molecular formula is C9H18N2O4. The van der Waals surface area contributed by atoms with Crippen LogP contribution in [0.25, 0.3) is 0 Å². The van der Waals surface area contributed by atoms with Gasteiger partial charge in [0.1, 0.15) is 6.04 Å². The number of carbonyl (C=O) groups is 2. The summed E-state index contributed by atoms with van der Waals surface area (Å²) < 4.78 is 0. The van der Waals surface area contributed by atoms with Gasteiger partial charge in [0.25, 0.3) is 0 Å². The highest BCUT2D eigenvalue weighted by atomic mass is 16.4. The van der Waals surface area contributed by atoms with E-state index in [1.165, 1.54) is 11.8 Å². The van der Waals surface area contributed by atoms with E-state index in [1.807, 2.05) is 0 Å². The number of urea groups is 1. The molecule has 88 valence electrons. The predicted octanol–water partition coefficient (Wildman–Crippen LogP) is -0.128. The Kier molecular flexibility index (Phi) is 5.69. The van der Waals surface area contributed by atoms with Crippen molar-refractivity contribution in [2.75, 3.05) is 13.2 Å². The second-order valence-corrected chi connectivity index (χ2v) is 3.52. The minimum atomic E-state index is -1.09. The maximum Gasteiger partial charge on any atom is 0.325 e. The van der Waals surface area contributed by atoms with Gasteiger partial charge in [0, 0.05) is 12.6 Å². The molecule has 0 heterocycles. The van der Waals surface area contributed by atoms with Crippen molar-refractivity contribution in [1.29, 1.82) is 0 Å². The molecule has 0 saturated heterocycles. The summed E-state index contributed by atoms with van der Waals surface area (Å²) in [5.74, 6) is -1.09. The second-order valence-electron chi connectivity index (χ2n) is 3.52. The zero-order valence-corrected chi connectivity index (χ0v) is 9.23. The lowest BCUT2D eigenvalue weighted by Gasteiger charge is -2.27. The first-order valence-electron chi connectivity index (χ1n) is 4.81. The van der Waals surface area contributed by atoms with E-state index < -0.39 is 18.0 Å². The summed E-state index contributed by atoms with van der Waals surface area (Å²) in [5, 5.41) is 19.7. The largest absolute Gasteiger partial charge is 0.480 e. The molecule has 0 aliphatic heterocycles. The van der Waals surface area contributed by atoms with E-state index in [9.17, 15) is 9.59 Å². The fraction of sp³-hybridized carbons (Fsp3) is 0.778. The number of nitrogens with zero attached hydrogens (tertiary/aromatic N) is 1.